The van der Waals surface area contributed by atoms with E-state index in [1.165, 1.54) is 12.1 Å². The molecule has 92 valence electrons. The molecule has 1 N–H and O–H groups in total. The highest BCUT2D eigenvalue weighted by Gasteiger charge is 2.13. The number of rotatable bonds is 7. The van der Waals surface area contributed by atoms with Gasteiger partial charge in [0.25, 0.3) is 0 Å². The Labute approximate surface area is 98.4 Å². The Balaban J connectivity index is 2.40. The number of aromatic nitrogens is 3. The van der Waals surface area contributed by atoms with Gasteiger partial charge in [-0.05, 0) is 31.7 Å². The van der Waals surface area contributed by atoms with E-state index in [4.69, 9.17) is 0 Å². The lowest BCUT2D eigenvalue weighted by molar-refractivity contribution is 0.375. The van der Waals surface area contributed by atoms with E-state index in [9.17, 15) is 0 Å². The summed E-state index contributed by atoms with van der Waals surface area (Å²) in [5.41, 5.74) is 1.21. The quantitative estimate of drug-likeness (QED) is 0.767. The van der Waals surface area contributed by atoms with E-state index in [0.29, 0.717) is 12.0 Å². The van der Waals surface area contributed by atoms with Crippen LogP contribution in [0.2, 0.25) is 0 Å². The average Bonchev–Trinajstić information content (AvgIpc) is 2.64. The number of nitrogens with one attached hydrogen (secondary N) is 1. The summed E-state index contributed by atoms with van der Waals surface area (Å²) in [5, 5.41) is 11.4. The predicted octanol–water partition coefficient (Wildman–Crippen LogP) is 1.77. The van der Waals surface area contributed by atoms with Crippen molar-refractivity contribution in [3.8, 4) is 0 Å². The fourth-order valence-corrected chi connectivity index (χ4v) is 1.84. The molecule has 1 unspecified atom stereocenters. The average molecular weight is 224 g/mol. The molecule has 0 saturated heterocycles. The molecule has 0 amide bonds. The SMILES string of the molecule is CCCNC(CCc1cnnn1C)C(C)C. The Kier molecular flexibility index (Phi) is 5.46. The van der Waals surface area contributed by atoms with Crippen LogP contribution in [0.3, 0.4) is 0 Å². The third kappa shape index (κ3) is 3.93. The highest BCUT2D eigenvalue weighted by Crippen LogP contribution is 2.10. The maximum Gasteiger partial charge on any atom is 0.0724 e. The van der Waals surface area contributed by atoms with Crippen molar-refractivity contribution in [1.82, 2.24) is 20.3 Å². The van der Waals surface area contributed by atoms with Crippen LogP contribution >= 0.6 is 0 Å². The van der Waals surface area contributed by atoms with E-state index in [2.05, 4.69) is 36.4 Å². The molecular formula is C12H24N4. The molecule has 4 heteroatoms. The smallest absolute Gasteiger partial charge is 0.0724 e. The summed E-state index contributed by atoms with van der Waals surface area (Å²) in [4.78, 5) is 0. The van der Waals surface area contributed by atoms with Crippen LogP contribution in [0.25, 0.3) is 0 Å². The third-order valence-electron chi connectivity index (χ3n) is 2.98. The van der Waals surface area contributed by atoms with Gasteiger partial charge in [0.15, 0.2) is 0 Å². The van der Waals surface area contributed by atoms with Crippen LogP contribution in [-0.4, -0.2) is 27.6 Å². The molecule has 1 atom stereocenters. The van der Waals surface area contributed by atoms with Crippen LogP contribution in [0.5, 0.6) is 0 Å². The summed E-state index contributed by atoms with van der Waals surface area (Å²) in [5.74, 6) is 0.674. The molecule has 16 heavy (non-hydrogen) atoms. The zero-order valence-corrected chi connectivity index (χ0v) is 10.9. The van der Waals surface area contributed by atoms with Crippen molar-refractivity contribution < 1.29 is 0 Å². The minimum absolute atomic E-state index is 0.592. The Morgan fingerprint density at radius 2 is 2.19 bits per heavy atom. The second-order valence-corrected chi connectivity index (χ2v) is 4.69. The Morgan fingerprint density at radius 1 is 1.44 bits per heavy atom. The molecule has 4 nitrogen and oxygen atoms in total. The van der Waals surface area contributed by atoms with Gasteiger partial charge < -0.3 is 5.32 Å². The summed E-state index contributed by atoms with van der Waals surface area (Å²) in [6.45, 7) is 7.85. The minimum atomic E-state index is 0.592. The van der Waals surface area contributed by atoms with E-state index in [-0.39, 0.29) is 0 Å². The molecule has 0 aliphatic rings. The Bertz CT molecular complexity index is 293. The standard InChI is InChI=1S/C12H24N4/c1-5-8-13-12(10(2)3)7-6-11-9-14-15-16(11)4/h9-10,12-13H,5-8H2,1-4H3. The minimum Gasteiger partial charge on any atom is -0.314 e. The van der Waals surface area contributed by atoms with Crippen molar-refractivity contribution >= 4 is 0 Å². The van der Waals surface area contributed by atoms with E-state index in [0.717, 1.165) is 19.4 Å². The van der Waals surface area contributed by atoms with Gasteiger partial charge in [0.2, 0.25) is 0 Å². The van der Waals surface area contributed by atoms with Crippen molar-refractivity contribution in [2.45, 2.75) is 46.1 Å². The lowest BCUT2D eigenvalue weighted by Gasteiger charge is -2.22. The molecular weight excluding hydrogens is 200 g/mol. The summed E-state index contributed by atoms with van der Waals surface area (Å²) in [6, 6.07) is 0.592. The molecule has 1 rings (SSSR count). The van der Waals surface area contributed by atoms with Gasteiger partial charge in [0, 0.05) is 13.1 Å². The van der Waals surface area contributed by atoms with E-state index in [1.54, 1.807) is 0 Å². The van der Waals surface area contributed by atoms with Gasteiger partial charge >= 0.3 is 0 Å². The molecule has 0 bridgehead atoms. The summed E-state index contributed by atoms with van der Waals surface area (Å²) in [7, 11) is 1.95. The molecule has 0 aromatic carbocycles. The van der Waals surface area contributed by atoms with Crippen molar-refractivity contribution in [1.29, 1.82) is 0 Å². The maximum atomic E-state index is 3.95. The lowest BCUT2D eigenvalue weighted by Crippen LogP contribution is -2.34. The van der Waals surface area contributed by atoms with Crippen LogP contribution in [0.4, 0.5) is 0 Å². The normalized spacial score (nSPS) is 13.3. The van der Waals surface area contributed by atoms with Crippen molar-refractivity contribution in [2.75, 3.05) is 6.54 Å². The van der Waals surface area contributed by atoms with Gasteiger partial charge in [-0.1, -0.05) is 26.0 Å². The van der Waals surface area contributed by atoms with Gasteiger partial charge in [0.05, 0.1) is 11.9 Å². The van der Waals surface area contributed by atoms with Crippen LogP contribution in [0, 0.1) is 5.92 Å². The van der Waals surface area contributed by atoms with Gasteiger partial charge in [-0.3, -0.25) is 4.68 Å². The molecule has 0 spiro atoms. The van der Waals surface area contributed by atoms with Gasteiger partial charge in [0.1, 0.15) is 0 Å². The first kappa shape index (κ1) is 13.2. The molecule has 1 aromatic rings. The first-order valence-electron chi connectivity index (χ1n) is 6.22. The number of nitrogens with zero attached hydrogens (tertiary/aromatic N) is 3. The largest absolute Gasteiger partial charge is 0.314 e. The maximum absolute atomic E-state index is 3.95. The molecule has 1 heterocycles. The van der Waals surface area contributed by atoms with E-state index >= 15 is 0 Å². The molecule has 0 saturated carbocycles. The number of hydrogen-bond donors (Lipinski definition) is 1. The summed E-state index contributed by atoms with van der Waals surface area (Å²) < 4.78 is 1.86. The first-order valence-corrected chi connectivity index (χ1v) is 6.22. The summed E-state index contributed by atoms with van der Waals surface area (Å²) >= 11 is 0. The predicted molar refractivity (Wildman–Crippen MR) is 66.2 cm³/mol. The highest BCUT2D eigenvalue weighted by molar-refractivity contribution is 4.94. The monoisotopic (exact) mass is 224 g/mol. The number of aryl methyl sites for hydroxylation is 2. The zero-order chi connectivity index (χ0) is 12.0. The topological polar surface area (TPSA) is 42.7 Å². The fourth-order valence-electron chi connectivity index (χ4n) is 1.84. The second kappa shape index (κ2) is 6.63. The van der Waals surface area contributed by atoms with Crippen LogP contribution in [0.1, 0.15) is 39.3 Å². The van der Waals surface area contributed by atoms with E-state index < -0.39 is 0 Å². The van der Waals surface area contributed by atoms with Crippen molar-refractivity contribution in [2.24, 2.45) is 13.0 Å². The van der Waals surface area contributed by atoms with Gasteiger partial charge in [-0.25, -0.2) is 0 Å². The molecule has 0 aliphatic carbocycles. The molecule has 0 radical (unpaired) electrons. The van der Waals surface area contributed by atoms with Gasteiger partial charge in [-0.2, -0.15) is 0 Å². The summed E-state index contributed by atoms with van der Waals surface area (Å²) in [6.07, 6.45) is 5.25. The van der Waals surface area contributed by atoms with Gasteiger partial charge in [-0.15, -0.1) is 5.10 Å². The molecule has 0 fully saturated rings. The van der Waals surface area contributed by atoms with Crippen LogP contribution < -0.4 is 5.32 Å². The second-order valence-electron chi connectivity index (χ2n) is 4.69. The zero-order valence-electron chi connectivity index (χ0n) is 10.9. The Hall–Kier alpha value is -0.900. The molecule has 0 aliphatic heterocycles. The van der Waals surface area contributed by atoms with Crippen LogP contribution in [0.15, 0.2) is 6.20 Å². The van der Waals surface area contributed by atoms with Crippen molar-refractivity contribution in [3.63, 3.8) is 0 Å². The van der Waals surface area contributed by atoms with E-state index in [1.807, 2.05) is 17.9 Å². The molecule has 1 aromatic heterocycles. The Morgan fingerprint density at radius 3 is 2.69 bits per heavy atom. The fraction of sp³-hybridized carbons (Fsp3) is 0.833. The third-order valence-corrected chi connectivity index (χ3v) is 2.98. The van der Waals surface area contributed by atoms with Crippen molar-refractivity contribution in [3.05, 3.63) is 11.9 Å². The van der Waals surface area contributed by atoms with Crippen LogP contribution in [-0.2, 0) is 13.5 Å². The number of hydrogen-bond acceptors (Lipinski definition) is 3. The highest BCUT2D eigenvalue weighted by atomic mass is 15.4. The lowest BCUT2D eigenvalue weighted by atomic mass is 9.98. The first-order chi connectivity index (χ1) is 7.65.